The highest BCUT2D eigenvalue weighted by molar-refractivity contribution is 6.41. The van der Waals surface area contributed by atoms with Crippen LogP contribution in [0.5, 0.6) is 11.5 Å². The van der Waals surface area contributed by atoms with Crippen LogP contribution in [-0.2, 0) is 19.1 Å². The Hall–Kier alpha value is -3.30. The topological polar surface area (TPSA) is 85.6 Å². The Morgan fingerprint density at radius 2 is 1.81 bits per heavy atom. The molecule has 0 N–H and O–H groups in total. The number of halogens is 1. The first kappa shape index (κ1) is 23.4. The molecule has 0 heterocycles. The minimum atomic E-state index is -1.15. The van der Waals surface area contributed by atoms with Gasteiger partial charge in [-0.2, -0.15) is 5.26 Å². The molecule has 0 radical (unpaired) electrons. The van der Waals surface area contributed by atoms with Gasteiger partial charge in [0.25, 0.3) is 0 Å². The molecule has 0 amide bonds. The molecule has 0 bridgehead atoms. The fraction of sp³-hybridized carbons (Fsp3) is 0.320. The Labute approximate surface area is 192 Å². The van der Waals surface area contributed by atoms with Crippen LogP contribution in [0.3, 0.4) is 0 Å². The van der Waals surface area contributed by atoms with Crippen molar-refractivity contribution >= 4 is 23.5 Å². The molecule has 0 saturated heterocycles. The maximum atomic E-state index is 13.1. The first-order chi connectivity index (χ1) is 15.2. The van der Waals surface area contributed by atoms with E-state index in [1.807, 2.05) is 50.2 Å². The van der Waals surface area contributed by atoms with Gasteiger partial charge in [-0.25, -0.2) is 4.79 Å². The van der Waals surface area contributed by atoms with Crippen molar-refractivity contribution in [1.29, 1.82) is 5.26 Å². The van der Waals surface area contributed by atoms with Crippen molar-refractivity contribution in [2.45, 2.75) is 33.3 Å². The predicted octanol–water partition coefficient (Wildman–Crippen LogP) is 5.69. The van der Waals surface area contributed by atoms with Crippen LogP contribution in [0.2, 0.25) is 0 Å². The lowest BCUT2D eigenvalue weighted by atomic mass is 9.95. The SMILES string of the molecule is CCOC(=O)C(Cl)=C[C@]1(C(=O)O[C@H](C#N)c2cccc(Oc3ccccc3)c2)CC1(C)C. The smallest absolute Gasteiger partial charge is 0.349 e. The molecule has 2 atom stereocenters. The van der Waals surface area contributed by atoms with Gasteiger partial charge in [0, 0.05) is 5.56 Å². The lowest BCUT2D eigenvalue weighted by Crippen LogP contribution is -2.25. The normalized spacial score (nSPS) is 19.9. The average Bonchev–Trinajstić information content (AvgIpc) is 3.34. The van der Waals surface area contributed by atoms with Crippen LogP contribution in [0, 0.1) is 22.2 Å². The van der Waals surface area contributed by atoms with Crippen LogP contribution in [0.1, 0.15) is 38.9 Å². The molecule has 0 unspecified atom stereocenters. The molecule has 6 nitrogen and oxygen atoms in total. The lowest BCUT2D eigenvalue weighted by molar-refractivity contribution is -0.152. The largest absolute Gasteiger partial charge is 0.462 e. The van der Waals surface area contributed by atoms with Crippen molar-refractivity contribution in [3.05, 3.63) is 71.3 Å². The fourth-order valence-corrected chi connectivity index (χ4v) is 3.77. The van der Waals surface area contributed by atoms with Gasteiger partial charge in [-0.1, -0.05) is 55.8 Å². The molecule has 1 fully saturated rings. The van der Waals surface area contributed by atoms with E-state index in [2.05, 4.69) is 0 Å². The molecule has 32 heavy (non-hydrogen) atoms. The number of hydrogen-bond acceptors (Lipinski definition) is 6. The average molecular weight is 454 g/mol. The van der Waals surface area contributed by atoms with E-state index in [1.165, 1.54) is 6.08 Å². The highest BCUT2D eigenvalue weighted by Crippen LogP contribution is 2.66. The van der Waals surface area contributed by atoms with E-state index in [1.54, 1.807) is 31.2 Å². The Balaban J connectivity index is 1.80. The molecule has 7 heteroatoms. The van der Waals surface area contributed by atoms with Crippen molar-refractivity contribution in [1.82, 2.24) is 0 Å². The Kier molecular flexibility index (Phi) is 6.90. The number of hydrogen-bond donors (Lipinski definition) is 0. The summed E-state index contributed by atoms with van der Waals surface area (Å²) in [6, 6.07) is 18.0. The van der Waals surface area contributed by atoms with Crippen molar-refractivity contribution < 1.29 is 23.8 Å². The Bertz CT molecular complexity index is 1070. The van der Waals surface area contributed by atoms with Gasteiger partial charge in [-0.15, -0.1) is 0 Å². The predicted molar refractivity (Wildman–Crippen MR) is 119 cm³/mol. The highest BCUT2D eigenvalue weighted by Gasteiger charge is 2.66. The summed E-state index contributed by atoms with van der Waals surface area (Å²) in [5.74, 6) is -0.165. The third-order valence-corrected chi connectivity index (χ3v) is 5.76. The molecule has 1 aliphatic rings. The second kappa shape index (κ2) is 9.46. The number of nitrogens with zero attached hydrogens (tertiary/aromatic N) is 1. The maximum Gasteiger partial charge on any atom is 0.349 e. The van der Waals surface area contributed by atoms with Gasteiger partial charge in [0.1, 0.15) is 22.6 Å². The number of para-hydroxylation sites is 1. The van der Waals surface area contributed by atoms with Gasteiger partial charge in [0.2, 0.25) is 6.10 Å². The standard InChI is InChI=1S/C25H24ClNO5/c1-4-30-22(28)20(26)14-25(16-24(25,2)3)23(29)32-21(15-27)17-9-8-12-19(13-17)31-18-10-6-5-7-11-18/h5-14,21H,4,16H2,1-3H3/t21-,25-/m1/s1. The van der Waals surface area contributed by atoms with Crippen molar-refractivity contribution in [3.8, 4) is 17.6 Å². The number of carbonyl (C=O) groups is 2. The quantitative estimate of drug-likeness (QED) is 0.377. The molecule has 1 aliphatic carbocycles. The minimum Gasteiger partial charge on any atom is -0.462 e. The van der Waals surface area contributed by atoms with E-state index in [9.17, 15) is 14.9 Å². The molecular formula is C25H24ClNO5. The monoisotopic (exact) mass is 453 g/mol. The Morgan fingerprint density at radius 1 is 1.16 bits per heavy atom. The van der Waals surface area contributed by atoms with Crippen molar-refractivity contribution in [3.63, 3.8) is 0 Å². The molecule has 2 aromatic carbocycles. The third-order valence-electron chi connectivity index (χ3n) is 5.49. The van der Waals surface area contributed by atoms with E-state index in [0.717, 1.165) is 0 Å². The number of nitriles is 1. The van der Waals surface area contributed by atoms with Crippen molar-refractivity contribution in [2.75, 3.05) is 6.61 Å². The number of benzene rings is 2. The summed E-state index contributed by atoms with van der Waals surface area (Å²) in [6.07, 6.45) is 0.673. The molecular weight excluding hydrogens is 430 g/mol. The molecule has 0 aliphatic heterocycles. The third kappa shape index (κ3) is 4.95. The zero-order chi connectivity index (χ0) is 23.4. The number of rotatable bonds is 8. The molecule has 0 aromatic heterocycles. The number of esters is 2. The van der Waals surface area contributed by atoms with Crippen LogP contribution < -0.4 is 4.74 Å². The van der Waals surface area contributed by atoms with E-state index in [4.69, 9.17) is 25.8 Å². The first-order valence-electron chi connectivity index (χ1n) is 10.2. The lowest BCUT2D eigenvalue weighted by Gasteiger charge is -2.19. The van der Waals surface area contributed by atoms with Gasteiger partial charge in [0.05, 0.1) is 12.0 Å². The van der Waals surface area contributed by atoms with E-state index in [0.29, 0.717) is 23.5 Å². The highest BCUT2D eigenvalue weighted by atomic mass is 35.5. The summed E-state index contributed by atoms with van der Waals surface area (Å²) in [5.41, 5.74) is -1.11. The minimum absolute atomic E-state index is 0.168. The molecule has 1 saturated carbocycles. The van der Waals surface area contributed by atoms with Gasteiger partial charge in [-0.3, -0.25) is 4.79 Å². The summed E-state index contributed by atoms with van der Waals surface area (Å²) >= 11 is 6.09. The summed E-state index contributed by atoms with van der Waals surface area (Å²) in [7, 11) is 0. The summed E-state index contributed by atoms with van der Waals surface area (Å²) in [6.45, 7) is 5.58. The second-order valence-electron chi connectivity index (χ2n) is 8.15. The van der Waals surface area contributed by atoms with E-state index < -0.39 is 28.9 Å². The summed E-state index contributed by atoms with van der Waals surface area (Å²) < 4.78 is 16.3. The molecule has 166 valence electrons. The van der Waals surface area contributed by atoms with Crippen molar-refractivity contribution in [2.24, 2.45) is 10.8 Å². The first-order valence-corrected chi connectivity index (χ1v) is 10.6. The van der Waals surface area contributed by atoms with Crippen LogP contribution in [0.25, 0.3) is 0 Å². The molecule has 0 spiro atoms. The van der Waals surface area contributed by atoms with Crippen LogP contribution in [0.4, 0.5) is 0 Å². The van der Waals surface area contributed by atoms with E-state index >= 15 is 0 Å². The zero-order valence-electron chi connectivity index (χ0n) is 18.1. The maximum absolute atomic E-state index is 13.1. The number of carbonyl (C=O) groups excluding carboxylic acids is 2. The van der Waals surface area contributed by atoms with Gasteiger partial charge in [-0.05, 0) is 49.1 Å². The molecule has 2 aromatic rings. The second-order valence-corrected chi connectivity index (χ2v) is 8.55. The summed E-state index contributed by atoms with van der Waals surface area (Å²) in [5, 5.41) is 9.50. The van der Waals surface area contributed by atoms with Gasteiger partial charge < -0.3 is 14.2 Å². The Morgan fingerprint density at radius 3 is 2.41 bits per heavy atom. The van der Waals surface area contributed by atoms with Gasteiger partial charge >= 0.3 is 11.9 Å². The molecule has 3 rings (SSSR count). The fourth-order valence-electron chi connectivity index (χ4n) is 3.53. The van der Waals surface area contributed by atoms with Crippen LogP contribution in [-0.4, -0.2) is 18.5 Å². The summed E-state index contributed by atoms with van der Waals surface area (Å²) in [4.78, 5) is 25.0. The zero-order valence-corrected chi connectivity index (χ0v) is 18.9. The van der Waals surface area contributed by atoms with Crippen LogP contribution >= 0.6 is 11.6 Å². The van der Waals surface area contributed by atoms with Crippen LogP contribution in [0.15, 0.2) is 65.7 Å². The van der Waals surface area contributed by atoms with Gasteiger partial charge in [0.15, 0.2) is 0 Å². The van der Waals surface area contributed by atoms with E-state index in [-0.39, 0.29) is 11.6 Å². The number of ether oxygens (including phenoxy) is 3.